The number of carbonyl (C=O) groups excluding carboxylic acids is 1. The number of halogens is 1. The first kappa shape index (κ1) is 16.8. The molecule has 1 fully saturated rings. The molecule has 1 rings (SSSR count). The van der Waals surface area contributed by atoms with Crippen LogP contribution in [0.15, 0.2) is 0 Å². The number of nitrogens with one attached hydrogen (secondary N) is 1. The fourth-order valence-corrected chi connectivity index (χ4v) is 1.95. The maximum atomic E-state index is 11.6. The third-order valence-electron chi connectivity index (χ3n) is 2.96. The zero-order chi connectivity index (χ0) is 14.5. The van der Waals surface area contributed by atoms with Crippen LogP contribution in [0, 0.1) is 5.92 Å². The van der Waals surface area contributed by atoms with E-state index in [-0.39, 0.29) is 5.60 Å². The monoisotopic (exact) mass is 335 g/mol. The standard InChI is InChI=1S/C14H26BrNO3/c1-13(2,3)19-12(17)16-10-14(4,9-15)18-8-7-11-5-6-11/h11H,5-10H2,1-4H3,(H,16,17). The molecule has 1 amide bonds. The van der Waals surface area contributed by atoms with E-state index in [2.05, 4.69) is 21.2 Å². The highest BCUT2D eigenvalue weighted by Gasteiger charge is 2.28. The maximum Gasteiger partial charge on any atom is 0.407 e. The van der Waals surface area contributed by atoms with Crippen molar-refractivity contribution in [1.29, 1.82) is 0 Å². The largest absolute Gasteiger partial charge is 0.444 e. The summed E-state index contributed by atoms with van der Waals surface area (Å²) in [6, 6.07) is 0. The minimum Gasteiger partial charge on any atom is -0.444 e. The van der Waals surface area contributed by atoms with Crippen molar-refractivity contribution in [2.24, 2.45) is 5.92 Å². The molecule has 0 saturated heterocycles. The van der Waals surface area contributed by atoms with Crippen LogP contribution in [-0.2, 0) is 9.47 Å². The highest BCUT2D eigenvalue weighted by Crippen LogP contribution is 2.32. The summed E-state index contributed by atoms with van der Waals surface area (Å²) in [4.78, 5) is 11.6. The van der Waals surface area contributed by atoms with Gasteiger partial charge < -0.3 is 14.8 Å². The molecule has 0 aromatic heterocycles. The molecule has 112 valence electrons. The van der Waals surface area contributed by atoms with Gasteiger partial charge in [-0.1, -0.05) is 28.8 Å². The lowest BCUT2D eigenvalue weighted by molar-refractivity contribution is -0.0175. The Labute approximate surface area is 124 Å². The van der Waals surface area contributed by atoms with Gasteiger partial charge in [-0.25, -0.2) is 4.79 Å². The van der Waals surface area contributed by atoms with Crippen molar-refractivity contribution < 1.29 is 14.3 Å². The van der Waals surface area contributed by atoms with Crippen molar-refractivity contribution in [2.45, 2.75) is 58.2 Å². The molecule has 1 atom stereocenters. The van der Waals surface area contributed by atoms with E-state index in [0.29, 0.717) is 11.9 Å². The number of alkyl halides is 1. The minimum absolute atomic E-state index is 0.383. The van der Waals surface area contributed by atoms with Gasteiger partial charge in [-0.2, -0.15) is 0 Å². The normalized spacial score (nSPS) is 18.8. The van der Waals surface area contributed by atoms with E-state index in [1.54, 1.807) is 0 Å². The summed E-state index contributed by atoms with van der Waals surface area (Å²) in [5.74, 6) is 0.860. The Morgan fingerprint density at radius 1 is 1.32 bits per heavy atom. The summed E-state index contributed by atoms with van der Waals surface area (Å²) in [5.41, 5.74) is -0.854. The van der Waals surface area contributed by atoms with Crippen molar-refractivity contribution >= 4 is 22.0 Å². The Hall–Kier alpha value is -0.290. The fourth-order valence-electron chi connectivity index (χ4n) is 1.59. The van der Waals surface area contributed by atoms with Crippen molar-refractivity contribution in [3.05, 3.63) is 0 Å². The van der Waals surface area contributed by atoms with Gasteiger partial charge in [0.25, 0.3) is 0 Å². The number of rotatable bonds is 7. The zero-order valence-electron chi connectivity index (χ0n) is 12.4. The Kier molecular flexibility index (Phi) is 6.12. The summed E-state index contributed by atoms with van der Waals surface area (Å²) in [6.45, 7) is 8.74. The molecule has 0 aromatic carbocycles. The highest BCUT2D eigenvalue weighted by molar-refractivity contribution is 9.09. The van der Waals surface area contributed by atoms with Gasteiger partial charge in [0.2, 0.25) is 0 Å². The first-order chi connectivity index (χ1) is 8.74. The summed E-state index contributed by atoms with van der Waals surface area (Å²) >= 11 is 3.45. The van der Waals surface area contributed by atoms with Gasteiger partial charge in [-0.05, 0) is 40.0 Å². The second kappa shape index (κ2) is 6.93. The number of hydrogen-bond donors (Lipinski definition) is 1. The Balaban J connectivity index is 2.26. The number of hydrogen-bond acceptors (Lipinski definition) is 3. The summed E-state index contributed by atoms with van der Waals surface area (Å²) in [7, 11) is 0. The smallest absolute Gasteiger partial charge is 0.407 e. The van der Waals surface area contributed by atoms with Crippen LogP contribution in [0.1, 0.15) is 47.0 Å². The molecule has 0 aliphatic heterocycles. The van der Waals surface area contributed by atoms with E-state index in [1.165, 1.54) is 12.8 Å². The first-order valence-electron chi connectivity index (χ1n) is 6.91. The van der Waals surface area contributed by atoms with E-state index in [1.807, 2.05) is 27.7 Å². The molecule has 5 heteroatoms. The van der Waals surface area contributed by atoms with E-state index in [4.69, 9.17) is 9.47 Å². The average molecular weight is 336 g/mol. The van der Waals surface area contributed by atoms with E-state index in [9.17, 15) is 4.79 Å². The van der Waals surface area contributed by atoms with Gasteiger partial charge in [0.1, 0.15) is 5.60 Å². The van der Waals surface area contributed by atoms with Crippen LogP contribution in [0.25, 0.3) is 0 Å². The zero-order valence-corrected chi connectivity index (χ0v) is 14.0. The summed E-state index contributed by atoms with van der Waals surface area (Å²) in [5, 5.41) is 3.45. The van der Waals surface area contributed by atoms with E-state index in [0.717, 1.165) is 18.9 Å². The average Bonchev–Trinajstić information content (AvgIpc) is 3.08. The van der Waals surface area contributed by atoms with Crippen LogP contribution >= 0.6 is 15.9 Å². The molecular weight excluding hydrogens is 310 g/mol. The van der Waals surface area contributed by atoms with Crippen molar-refractivity contribution in [1.82, 2.24) is 5.32 Å². The van der Waals surface area contributed by atoms with Gasteiger partial charge in [-0.15, -0.1) is 0 Å². The van der Waals surface area contributed by atoms with Gasteiger partial charge in [-0.3, -0.25) is 0 Å². The highest BCUT2D eigenvalue weighted by atomic mass is 79.9. The Bertz CT molecular complexity index is 300. The van der Waals surface area contributed by atoms with Gasteiger partial charge in [0.05, 0.1) is 12.1 Å². The number of carbonyl (C=O) groups is 1. The number of alkyl carbamates (subject to hydrolysis) is 1. The molecule has 1 saturated carbocycles. The van der Waals surface area contributed by atoms with Crippen molar-refractivity contribution in [2.75, 3.05) is 18.5 Å². The molecule has 0 radical (unpaired) electrons. The Morgan fingerprint density at radius 2 is 1.95 bits per heavy atom. The van der Waals surface area contributed by atoms with Gasteiger partial charge >= 0.3 is 6.09 Å². The molecule has 1 aliphatic rings. The van der Waals surface area contributed by atoms with Crippen molar-refractivity contribution in [3.63, 3.8) is 0 Å². The van der Waals surface area contributed by atoms with E-state index >= 15 is 0 Å². The maximum absolute atomic E-state index is 11.6. The second-order valence-corrected chi connectivity index (χ2v) is 7.08. The molecule has 1 unspecified atom stereocenters. The Morgan fingerprint density at radius 3 is 2.42 bits per heavy atom. The minimum atomic E-state index is -0.471. The van der Waals surface area contributed by atoms with Crippen LogP contribution < -0.4 is 5.32 Å². The lowest BCUT2D eigenvalue weighted by Gasteiger charge is -2.29. The molecule has 1 N–H and O–H groups in total. The molecular formula is C14H26BrNO3. The lowest BCUT2D eigenvalue weighted by atomic mass is 10.1. The topological polar surface area (TPSA) is 47.6 Å². The fraction of sp³-hybridized carbons (Fsp3) is 0.929. The first-order valence-corrected chi connectivity index (χ1v) is 8.03. The molecule has 0 heterocycles. The molecule has 0 bridgehead atoms. The van der Waals surface area contributed by atoms with Crippen molar-refractivity contribution in [3.8, 4) is 0 Å². The SMILES string of the molecule is CC(C)(C)OC(=O)NCC(C)(CBr)OCCC1CC1. The van der Waals surface area contributed by atoms with Crippen LogP contribution in [0.3, 0.4) is 0 Å². The number of amides is 1. The third-order valence-corrected chi connectivity index (χ3v) is 4.15. The molecule has 19 heavy (non-hydrogen) atoms. The summed E-state index contributed by atoms with van der Waals surface area (Å²) < 4.78 is 11.1. The predicted molar refractivity (Wildman–Crippen MR) is 79.7 cm³/mol. The number of ether oxygens (including phenoxy) is 2. The molecule has 0 spiro atoms. The van der Waals surface area contributed by atoms with Gasteiger partial charge in [0.15, 0.2) is 0 Å². The summed E-state index contributed by atoms with van der Waals surface area (Å²) in [6.07, 6.45) is 3.40. The van der Waals surface area contributed by atoms with Gasteiger partial charge in [0, 0.05) is 11.9 Å². The molecule has 0 aromatic rings. The quantitative estimate of drug-likeness (QED) is 0.724. The molecule has 4 nitrogen and oxygen atoms in total. The predicted octanol–water partition coefficient (Wildman–Crippen LogP) is 3.48. The van der Waals surface area contributed by atoms with Crippen LogP contribution in [-0.4, -0.2) is 35.8 Å². The lowest BCUT2D eigenvalue weighted by Crippen LogP contribution is -2.45. The van der Waals surface area contributed by atoms with Crippen LogP contribution in [0.5, 0.6) is 0 Å². The van der Waals surface area contributed by atoms with Crippen LogP contribution in [0.2, 0.25) is 0 Å². The third kappa shape index (κ3) is 7.78. The second-order valence-electron chi connectivity index (χ2n) is 6.52. The molecule has 1 aliphatic carbocycles. The van der Waals surface area contributed by atoms with E-state index < -0.39 is 11.7 Å². The van der Waals surface area contributed by atoms with Crippen LogP contribution in [0.4, 0.5) is 4.79 Å².